The van der Waals surface area contributed by atoms with Crippen LogP contribution in [0.4, 0.5) is 24.5 Å². The van der Waals surface area contributed by atoms with Crippen LogP contribution in [0.1, 0.15) is 29.0 Å². The first-order chi connectivity index (χ1) is 19.7. The number of rotatable bonds is 8. The zero-order chi connectivity index (χ0) is 29.1. The first kappa shape index (κ1) is 28.1. The maximum Gasteiger partial charge on any atom is 0.416 e. The second-order valence-electron chi connectivity index (χ2n) is 9.21. The van der Waals surface area contributed by atoms with Crippen molar-refractivity contribution in [1.82, 2.24) is 14.9 Å². The fraction of sp³-hybridized carbons (Fsp3) is 0.207. The molecule has 1 saturated heterocycles. The molecule has 2 atom stereocenters. The van der Waals surface area contributed by atoms with Gasteiger partial charge in [-0.05, 0) is 72.9 Å². The number of nitrogens with one attached hydrogen (secondary N) is 2. The minimum atomic E-state index is -4.49. The van der Waals surface area contributed by atoms with Crippen LogP contribution in [0.25, 0.3) is 5.69 Å². The fourth-order valence-corrected chi connectivity index (χ4v) is 5.24. The Morgan fingerprint density at radius 1 is 1.05 bits per heavy atom. The van der Waals surface area contributed by atoms with Gasteiger partial charge < -0.3 is 29.6 Å². The van der Waals surface area contributed by atoms with Crippen molar-refractivity contribution in [2.45, 2.75) is 18.3 Å². The average Bonchev–Trinajstić information content (AvgIpc) is 3.57. The van der Waals surface area contributed by atoms with Crippen molar-refractivity contribution in [3.63, 3.8) is 0 Å². The highest BCUT2D eigenvalue weighted by molar-refractivity contribution is 7.80. The number of methoxy groups -OCH3 is 2. The Kier molecular flexibility index (Phi) is 7.95. The van der Waals surface area contributed by atoms with Crippen molar-refractivity contribution in [2.75, 3.05) is 31.0 Å². The van der Waals surface area contributed by atoms with E-state index in [1.54, 1.807) is 53.4 Å². The third kappa shape index (κ3) is 5.74. The second kappa shape index (κ2) is 11.6. The van der Waals surface area contributed by atoms with Crippen molar-refractivity contribution in [3.05, 3.63) is 102 Å². The molecule has 2 aromatic carbocycles. The number of hydrogen-bond acceptors (Lipinski definition) is 5. The maximum absolute atomic E-state index is 13.6. The zero-order valence-corrected chi connectivity index (χ0v) is 22.9. The van der Waals surface area contributed by atoms with Gasteiger partial charge in [-0.3, -0.25) is 9.78 Å². The van der Waals surface area contributed by atoms with Gasteiger partial charge in [-0.25, -0.2) is 0 Å². The van der Waals surface area contributed by atoms with Crippen LogP contribution >= 0.6 is 12.2 Å². The van der Waals surface area contributed by atoms with Gasteiger partial charge in [-0.1, -0.05) is 12.1 Å². The molecular formula is C29H26F3N5O3S. The molecule has 8 nitrogen and oxygen atoms in total. The van der Waals surface area contributed by atoms with Crippen molar-refractivity contribution in [1.29, 1.82) is 0 Å². The number of pyridine rings is 1. The summed E-state index contributed by atoms with van der Waals surface area (Å²) >= 11 is 5.80. The average molecular weight is 582 g/mol. The van der Waals surface area contributed by atoms with Crippen molar-refractivity contribution in [3.8, 4) is 11.4 Å². The summed E-state index contributed by atoms with van der Waals surface area (Å²) in [6.45, 7) is -0.147. The molecule has 212 valence electrons. The molecule has 0 unspecified atom stereocenters. The number of amides is 1. The van der Waals surface area contributed by atoms with Gasteiger partial charge in [0.15, 0.2) is 5.11 Å². The molecule has 2 N–H and O–H groups in total. The van der Waals surface area contributed by atoms with Crippen LogP contribution in [0.15, 0.2) is 85.2 Å². The molecule has 0 spiro atoms. The number of hydrogen-bond donors (Lipinski definition) is 2. The van der Waals surface area contributed by atoms with Gasteiger partial charge in [-0.2, -0.15) is 13.2 Å². The summed E-state index contributed by atoms with van der Waals surface area (Å²) in [6, 6.07) is 18.5. The number of nitrogens with zero attached hydrogens (tertiary/aromatic N) is 3. The van der Waals surface area contributed by atoms with Crippen LogP contribution in [0.3, 0.4) is 0 Å². The molecule has 12 heteroatoms. The Hall–Kier alpha value is -4.42. The Labute approximate surface area is 239 Å². The molecule has 0 aliphatic carbocycles. The van der Waals surface area contributed by atoms with E-state index in [0.717, 1.165) is 12.1 Å². The molecule has 0 bridgehead atoms. The highest BCUT2D eigenvalue weighted by Crippen LogP contribution is 2.44. The summed E-state index contributed by atoms with van der Waals surface area (Å²) in [5, 5.41) is 6.51. The maximum atomic E-state index is 13.6. The topological polar surface area (TPSA) is 80.7 Å². The lowest BCUT2D eigenvalue weighted by Crippen LogP contribution is -2.30. The molecular weight excluding hydrogens is 555 g/mol. The Bertz CT molecular complexity index is 1560. The lowest BCUT2D eigenvalue weighted by Gasteiger charge is -2.29. The van der Waals surface area contributed by atoms with Crippen LogP contribution < -0.4 is 20.3 Å². The van der Waals surface area contributed by atoms with E-state index in [1.165, 1.54) is 20.3 Å². The van der Waals surface area contributed by atoms with Crippen molar-refractivity contribution in [2.24, 2.45) is 0 Å². The van der Waals surface area contributed by atoms with Gasteiger partial charge >= 0.3 is 6.18 Å². The number of halogens is 3. The summed E-state index contributed by atoms with van der Waals surface area (Å²) in [4.78, 5) is 18.7. The molecule has 1 amide bonds. The molecule has 1 fully saturated rings. The number of ether oxygens (including phenoxy) is 2. The second-order valence-corrected chi connectivity index (χ2v) is 9.60. The number of alkyl halides is 3. The highest BCUT2D eigenvalue weighted by atomic mass is 32.1. The number of thiocarbonyl (C=S) groups is 1. The minimum absolute atomic E-state index is 0.147. The summed E-state index contributed by atoms with van der Waals surface area (Å²) in [5.74, 6) is 0.0628. The van der Waals surface area contributed by atoms with E-state index in [0.29, 0.717) is 39.3 Å². The standard InChI is InChI=1S/C29H26F3N5O3S/c1-39-17-25(38)34-22-16-20(11-12-24(22)40-2)37-27(26(35-28(37)41)21-9-3-4-13-33-21)23-10-6-14-36(23)19-8-5-7-18(15-19)29(30,31)32/h3-16,26-27H,17H2,1-2H3,(H,34,38)(H,35,41)/t26-,27-/m0/s1. The molecule has 1 aliphatic rings. The monoisotopic (exact) mass is 581 g/mol. The molecule has 0 saturated carbocycles. The number of benzene rings is 2. The molecule has 41 heavy (non-hydrogen) atoms. The van der Waals surface area contributed by atoms with Crippen molar-refractivity contribution < 1.29 is 27.4 Å². The van der Waals surface area contributed by atoms with E-state index in [2.05, 4.69) is 15.6 Å². The van der Waals surface area contributed by atoms with Crippen LogP contribution in [0.2, 0.25) is 0 Å². The number of carbonyl (C=O) groups excluding carboxylic acids is 1. The molecule has 4 aromatic rings. The predicted molar refractivity (Wildman–Crippen MR) is 152 cm³/mol. The fourth-order valence-electron chi connectivity index (χ4n) is 4.90. The first-order valence-corrected chi connectivity index (χ1v) is 12.9. The third-order valence-electron chi connectivity index (χ3n) is 6.64. The predicted octanol–water partition coefficient (Wildman–Crippen LogP) is 5.66. The van der Waals surface area contributed by atoms with Gasteiger partial charge in [0, 0.05) is 36.6 Å². The van der Waals surface area contributed by atoms with Crippen LogP contribution in [-0.4, -0.2) is 41.4 Å². The zero-order valence-electron chi connectivity index (χ0n) is 22.1. The number of anilines is 2. The smallest absolute Gasteiger partial charge is 0.416 e. The van der Waals surface area contributed by atoms with Gasteiger partial charge in [0.05, 0.1) is 30.1 Å². The Morgan fingerprint density at radius 2 is 1.88 bits per heavy atom. The van der Waals surface area contributed by atoms with E-state index in [1.807, 2.05) is 23.1 Å². The van der Waals surface area contributed by atoms with E-state index >= 15 is 0 Å². The Morgan fingerprint density at radius 3 is 2.59 bits per heavy atom. The number of carbonyl (C=O) groups is 1. The van der Waals surface area contributed by atoms with Crippen molar-refractivity contribution >= 4 is 34.6 Å². The van der Waals surface area contributed by atoms with Crippen LogP contribution in [0, 0.1) is 0 Å². The van der Waals surface area contributed by atoms with E-state index in [9.17, 15) is 18.0 Å². The molecule has 0 radical (unpaired) electrons. The minimum Gasteiger partial charge on any atom is -0.495 e. The Balaban J connectivity index is 1.64. The summed E-state index contributed by atoms with van der Waals surface area (Å²) in [6.07, 6.45) is -1.11. The summed E-state index contributed by atoms with van der Waals surface area (Å²) in [5.41, 5.74) is 1.99. The van der Waals surface area contributed by atoms with Crippen LogP contribution in [0.5, 0.6) is 5.75 Å². The van der Waals surface area contributed by atoms with Gasteiger partial charge in [0.2, 0.25) is 5.91 Å². The summed E-state index contributed by atoms with van der Waals surface area (Å²) in [7, 11) is 2.91. The SMILES string of the molecule is COCC(=O)Nc1cc(N2C(=S)N[C@@H](c3ccccn3)[C@@H]2c2cccn2-c2cccc(C(F)(F)F)c2)ccc1OC. The molecule has 5 rings (SSSR count). The lowest BCUT2D eigenvalue weighted by molar-refractivity contribution is -0.137. The van der Waals surface area contributed by atoms with Gasteiger partial charge in [-0.15, -0.1) is 0 Å². The van der Waals surface area contributed by atoms with Gasteiger partial charge in [0.25, 0.3) is 0 Å². The molecule has 2 aromatic heterocycles. The lowest BCUT2D eigenvalue weighted by atomic mass is 10.0. The van der Waals surface area contributed by atoms with E-state index in [4.69, 9.17) is 21.7 Å². The highest BCUT2D eigenvalue weighted by Gasteiger charge is 2.42. The first-order valence-electron chi connectivity index (χ1n) is 12.5. The van der Waals surface area contributed by atoms with E-state index < -0.39 is 23.8 Å². The van der Waals surface area contributed by atoms with Crippen LogP contribution in [-0.2, 0) is 15.7 Å². The molecule has 1 aliphatic heterocycles. The number of aromatic nitrogens is 2. The largest absolute Gasteiger partial charge is 0.495 e. The van der Waals surface area contributed by atoms with Gasteiger partial charge in [0.1, 0.15) is 18.4 Å². The summed E-state index contributed by atoms with van der Waals surface area (Å²) < 4.78 is 52.8. The molecule has 3 heterocycles. The quantitative estimate of drug-likeness (QED) is 0.260. The third-order valence-corrected chi connectivity index (χ3v) is 6.96. The van der Waals surface area contributed by atoms with E-state index in [-0.39, 0.29) is 12.5 Å². The normalized spacial score (nSPS) is 16.9.